The maximum absolute atomic E-state index is 4.63. The van der Waals surface area contributed by atoms with Gasteiger partial charge >= 0.3 is 0 Å². The zero-order valence-electron chi connectivity index (χ0n) is 15.8. The topological polar surface area (TPSA) is 55.8 Å². The molecule has 0 bridgehead atoms. The molecule has 26 heavy (non-hydrogen) atoms. The Labute approximate surface area is 156 Å². The molecule has 0 radical (unpaired) electrons. The highest BCUT2D eigenvalue weighted by atomic mass is 15.2. The second-order valence-electron chi connectivity index (χ2n) is 6.72. The highest BCUT2D eigenvalue weighted by Crippen LogP contribution is 2.19. The summed E-state index contributed by atoms with van der Waals surface area (Å²) in [6.45, 7) is 2.70. The van der Waals surface area contributed by atoms with Crippen LogP contribution in [-0.2, 0) is 6.54 Å². The lowest BCUT2D eigenvalue weighted by atomic mass is 10.2. The molecule has 0 spiro atoms. The summed E-state index contributed by atoms with van der Waals surface area (Å²) in [6.07, 6.45) is 1.10. The van der Waals surface area contributed by atoms with Gasteiger partial charge in [0, 0.05) is 46.0 Å². The number of hydrogen-bond acceptors (Lipinski definition) is 4. The molecule has 0 aliphatic carbocycles. The Morgan fingerprint density at radius 2 is 2.00 bits per heavy atom. The zero-order chi connectivity index (χ0) is 18.4. The molecule has 2 heterocycles. The molecule has 2 aromatic rings. The van der Waals surface area contributed by atoms with Gasteiger partial charge in [-0.3, -0.25) is 4.99 Å². The number of nitrogens with one attached hydrogen (secondary N) is 2. The van der Waals surface area contributed by atoms with E-state index in [1.807, 2.05) is 44.2 Å². The summed E-state index contributed by atoms with van der Waals surface area (Å²) < 4.78 is 0. The van der Waals surface area contributed by atoms with Gasteiger partial charge in [-0.15, -0.1) is 0 Å². The van der Waals surface area contributed by atoms with Crippen molar-refractivity contribution >= 4 is 17.5 Å². The van der Waals surface area contributed by atoms with Crippen molar-refractivity contribution < 1.29 is 0 Å². The molecule has 2 N–H and O–H groups in total. The van der Waals surface area contributed by atoms with Gasteiger partial charge in [-0.2, -0.15) is 0 Å². The van der Waals surface area contributed by atoms with Gasteiger partial charge in [-0.25, -0.2) is 4.98 Å². The third-order valence-corrected chi connectivity index (χ3v) is 4.56. The first-order chi connectivity index (χ1) is 12.7. The number of rotatable bonds is 5. The van der Waals surface area contributed by atoms with Gasteiger partial charge in [-0.1, -0.05) is 24.3 Å². The summed E-state index contributed by atoms with van der Waals surface area (Å²) >= 11 is 0. The Morgan fingerprint density at radius 1 is 1.19 bits per heavy atom. The van der Waals surface area contributed by atoms with E-state index >= 15 is 0 Å². The van der Waals surface area contributed by atoms with Crippen molar-refractivity contribution in [3.8, 4) is 0 Å². The Balaban J connectivity index is 1.52. The smallest absolute Gasteiger partial charge is 0.191 e. The number of anilines is 2. The molecule has 3 rings (SSSR count). The van der Waals surface area contributed by atoms with Gasteiger partial charge in [0.1, 0.15) is 5.82 Å². The SMILES string of the molecule is CN=C(NCc1cccc(N(C)C)n1)NC1CCN(c2ccccc2)C1. The molecule has 1 unspecified atom stereocenters. The van der Waals surface area contributed by atoms with E-state index in [2.05, 4.69) is 55.8 Å². The Kier molecular flexibility index (Phi) is 5.94. The maximum Gasteiger partial charge on any atom is 0.191 e. The van der Waals surface area contributed by atoms with Crippen LogP contribution in [0, 0.1) is 0 Å². The summed E-state index contributed by atoms with van der Waals surface area (Å²) in [5, 5.41) is 6.90. The van der Waals surface area contributed by atoms with Gasteiger partial charge in [-0.05, 0) is 30.7 Å². The van der Waals surface area contributed by atoms with Crippen molar-refractivity contribution in [1.29, 1.82) is 0 Å². The van der Waals surface area contributed by atoms with Gasteiger partial charge in [0.25, 0.3) is 0 Å². The van der Waals surface area contributed by atoms with Crippen molar-refractivity contribution in [3.63, 3.8) is 0 Å². The van der Waals surface area contributed by atoms with E-state index < -0.39 is 0 Å². The van der Waals surface area contributed by atoms with Crippen molar-refractivity contribution in [2.75, 3.05) is 44.0 Å². The Morgan fingerprint density at radius 3 is 2.73 bits per heavy atom. The van der Waals surface area contributed by atoms with Gasteiger partial charge in [0.05, 0.1) is 12.2 Å². The molecular formula is C20H28N6. The molecule has 6 heteroatoms. The third-order valence-electron chi connectivity index (χ3n) is 4.56. The lowest BCUT2D eigenvalue weighted by Gasteiger charge is -2.20. The summed E-state index contributed by atoms with van der Waals surface area (Å²) in [7, 11) is 5.81. The normalized spacial score (nSPS) is 17.3. The second kappa shape index (κ2) is 8.56. The minimum Gasteiger partial charge on any atom is -0.369 e. The molecule has 0 saturated carbocycles. The summed E-state index contributed by atoms with van der Waals surface area (Å²) in [4.78, 5) is 13.4. The average molecular weight is 352 g/mol. The molecule has 138 valence electrons. The molecule has 1 saturated heterocycles. The maximum atomic E-state index is 4.63. The van der Waals surface area contributed by atoms with Crippen LogP contribution in [0.15, 0.2) is 53.5 Å². The van der Waals surface area contributed by atoms with Crippen LogP contribution in [0.5, 0.6) is 0 Å². The van der Waals surface area contributed by atoms with E-state index in [4.69, 9.17) is 0 Å². The largest absolute Gasteiger partial charge is 0.369 e. The standard InChI is InChI=1S/C20H28N6/c1-21-20(22-14-16-8-7-11-19(23-16)25(2)3)24-17-12-13-26(15-17)18-9-5-4-6-10-18/h4-11,17H,12-15H2,1-3H3,(H2,21,22,24). The first-order valence-corrected chi connectivity index (χ1v) is 9.06. The minimum absolute atomic E-state index is 0.391. The van der Waals surface area contributed by atoms with E-state index in [-0.39, 0.29) is 0 Å². The molecule has 1 aromatic carbocycles. The second-order valence-corrected chi connectivity index (χ2v) is 6.72. The first kappa shape index (κ1) is 18.0. The van der Waals surface area contributed by atoms with Crippen molar-refractivity contribution in [3.05, 3.63) is 54.2 Å². The number of benzene rings is 1. The summed E-state index contributed by atoms with van der Waals surface area (Å²) in [5.41, 5.74) is 2.28. The highest BCUT2D eigenvalue weighted by Gasteiger charge is 2.23. The fraction of sp³-hybridized carbons (Fsp3) is 0.400. The molecule has 1 aliphatic heterocycles. The van der Waals surface area contributed by atoms with Crippen molar-refractivity contribution in [2.24, 2.45) is 4.99 Å². The van der Waals surface area contributed by atoms with E-state index in [0.717, 1.165) is 37.0 Å². The number of aliphatic imine (C=N–C) groups is 1. The Hall–Kier alpha value is -2.76. The number of pyridine rings is 1. The summed E-state index contributed by atoms with van der Waals surface area (Å²) in [6, 6.07) is 17.0. The van der Waals surface area contributed by atoms with Crippen LogP contribution in [0.1, 0.15) is 12.1 Å². The number of para-hydroxylation sites is 1. The summed E-state index contributed by atoms with van der Waals surface area (Å²) in [5.74, 6) is 1.78. The fourth-order valence-corrected chi connectivity index (χ4v) is 3.13. The van der Waals surface area contributed by atoms with Crippen LogP contribution < -0.4 is 20.4 Å². The average Bonchev–Trinajstić information content (AvgIpc) is 3.14. The number of guanidine groups is 1. The molecule has 1 aromatic heterocycles. The lowest BCUT2D eigenvalue weighted by Crippen LogP contribution is -2.44. The predicted octanol–water partition coefficient (Wildman–Crippen LogP) is 2.09. The molecular weight excluding hydrogens is 324 g/mol. The predicted molar refractivity (Wildman–Crippen MR) is 109 cm³/mol. The highest BCUT2D eigenvalue weighted by molar-refractivity contribution is 5.80. The van der Waals surface area contributed by atoms with Crippen LogP contribution in [-0.4, -0.2) is 51.2 Å². The Bertz CT molecular complexity index is 728. The molecule has 1 atom stereocenters. The monoisotopic (exact) mass is 352 g/mol. The number of hydrogen-bond donors (Lipinski definition) is 2. The number of aromatic nitrogens is 1. The molecule has 1 fully saturated rings. The lowest BCUT2D eigenvalue weighted by molar-refractivity contribution is 0.647. The van der Waals surface area contributed by atoms with Crippen LogP contribution in [0.4, 0.5) is 11.5 Å². The van der Waals surface area contributed by atoms with E-state index in [1.165, 1.54) is 5.69 Å². The van der Waals surface area contributed by atoms with Gasteiger partial charge in [0.2, 0.25) is 0 Å². The van der Waals surface area contributed by atoms with Crippen molar-refractivity contribution in [2.45, 2.75) is 19.0 Å². The molecule has 6 nitrogen and oxygen atoms in total. The number of nitrogens with zero attached hydrogens (tertiary/aromatic N) is 4. The quantitative estimate of drug-likeness (QED) is 0.637. The third kappa shape index (κ3) is 4.65. The first-order valence-electron chi connectivity index (χ1n) is 9.06. The van der Waals surface area contributed by atoms with Crippen LogP contribution in [0.3, 0.4) is 0 Å². The molecule has 1 aliphatic rings. The van der Waals surface area contributed by atoms with Crippen LogP contribution >= 0.6 is 0 Å². The fourth-order valence-electron chi connectivity index (χ4n) is 3.13. The molecule has 0 amide bonds. The van der Waals surface area contributed by atoms with Gasteiger partial charge < -0.3 is 20.4 Å². The van der Waals surface area contributed by atoms with Gasteiger partial charge in [0.15, 0.2) is 5.96 Å². The minimum atomic E-state index is 0.391. The van der Waals surface area contributed by atoms with E-state index in [9.17, 15) is 0 Å². The van der Waals surface area contributed by atoms with Crippen LogP contribution in [0.25, 0.3) is 0 Å². The van der Waals surface area contributed by atoms with E-state index in [0.29, 0.717) is 12.6 Å². The zero-order valence-corrected chi connectivity index (χ0v) is 15.8. The van der Waals surface area contributed by atoms with E-state index in [1.54, 1.807) is 0 Å². The van der Waals surface area contributed by atoms with Crippen molar-refractivity contribution in [1.82, 2.24) is 15.6 Å². The van der Waals surface area contributed by atoms with Crippen LogP contribution in [0.2, 0.25) is 0 Å².